The molecule has 0 bridgehead atoms. The highest BCUT2D eigenvalue weighted by Gasteiger charge is 2.24. The lowest BCUT2D eigenvalue weighted by molar-refractivity contribution is 0.0737. The molecule has 0 saturated carbocycles. The molecule has 178 valence electrons. The van der Waals surface area contributed by atoms with Gasteiger partial charge in [-0.1, -0.05) is 42.5 Å². The summed E-state index contributed by atoms with van der Waals surface area (Å²) in [6.07, 6.45) is 4.58. The molecule has 5 rings (SSSR count). The number of hydrogen-bond donors (Lipinski definition) is 0. The third-order valence-corrected chi connectivity index (χ3v) is 6.26. The van der Waals surface area contributed by atoms with Crippen LogP contribution in [0.1, 0.15) is 21.5 Å². The first-order valence-corrected chi connectivity index (χ1v) is 11.8. The molecule has 1 aromatic heterocycles. The Bertz CT molecular complexity index is 1320. The molecule has 1 fully saturated rings. The first-order valence-electron chi connectivity index (χ1n) is 11.8. The Morgan fingerprint density at radius 2 is 1.94 bits per heavy atom. The van der Waals surface area contributed by atoms with Crippen molar-refractivity contribution in [2.75, 3.05) is 26.3 Å². The van der Waals surface area contributed by atoms with E-state index in [0.29, 0.717) is 37.6 Å². The largest absolute Gasteiger partial charge is 0.489 e. The fourth-order valence-corrected chi connectivity index (χ4v) is 4.54. The van der Waals surface area contributed by atoms with Crippen molar-refractivity contribution in [3.05, 3.63) is 108 Å². The Morgan fingerprint density at radius 1 is 1.06 bits per heavy atom. The van der Waals surface area contributed by atoms with Gasteiger partial charge in [0.05, 0.1) is 13.2 Å². The van der Waals surface area contributed by atoms with E-state index in [0.717, 1.165) is 17.4 Å². The van der Waals surface area contributed by atoms with Gasteiger partial charge in [-0.2, -0.15) is 0 Å². The highest BCUT2D eigenvalue weighted by molar-refractivity contribution is 5.94. The second-order valence-electron chi connectivity index (χ2n) is 8.86. The number of nitrogens with zero attached hydrogens (tertiary/aromatic N) is 2. The van der Waals surface area contributed by atoms with E-state index in [2.05, 4.69) is 17.1 Å². The van der Waals surface area contributed by atoms with Crippen molar-refractivity contribution in [1.82, 2.24) is 9.88 Å². The molecular weight excluding hydrogens is 443 g/mol. The second-order valence-corrected chi connectivity index (χ2v) is 8.86. The molecule has 35 heavy (non-hydrogen) atoms. The summed E-state index contributed by atoms with van der Waals surface area (Å²) in [6.45, 7) is 2.48. The quantitative estimate of drug-likeness (QED) is 0.385. The first-order chi connectivity index (χ1) is 17.2. The van der Waals surface area contributed by atoms with Crippen LogP contribution in [-0.2, 0) is 17.8 Å². The van der Waals surface area contributed by atoms with Crippen LogP contribution in [0.5, 0.6) is 5.75 Å². The van der Waals surface area contributed by atoms with Gasteiger partial charge in [0.2, 0.25) is 0 Å². The number of pyridine rings is 1. The topological polar surface area (TPSA) is 51.7 Å². The van der Waals surface area contributed by atoms with Crippen molar-refractivity contribution in [3.63, 3.8) is 0 Å². The van der Waals surface area contributed by atoms with Crippen molar-refractivity contribution in [2.45, 2.75) is 13.0 Å². The van der Waals surface area contributed by atoms with Crippen LogP contribution in [0.4, 0.5) is 4.39 Å². The lowest BCUT2D eigenvalue weighted by Crippen LogP contribution is -2.36. The molecule has 0 spiro atoms. The van der Waals surface area contributed by atoms with Crippen LogP contribution in [0.2, 0.25) is 0 Å². The molecule has 0 radical (unpaired) electrons. The monoisotopic (exact) mass is 470 g/mol. The normalized spacial score (nSPS) is 16.1. The molecule has 6 heteroatoms. The van der Waals surface area contributed by atoms with Crippen LogP contribution in [-0.4, -0.2) is 42.1 Å². The molecule has 1 amide bonds. The van der Waals surface area contributed by atoms with Gasteiger partial charge < -0.3 is 14.4 Å². The minimum Gasteiger partial charge on any atom is -0.489 e. The summed E-state index contributed by atoms with van der Waals surface area (Å²) >= 11 is 0. The average Bonchev–Trinajstić information content (AvgIpc) is 3.13. The molecule has 1 saturated heterocycles. The molecule has 5 nitrogen and oxygen atoms in total. The first kappa shape index (κ1) is 23.0. The fraction of sp³-hybridized carbons (Fsp3) is 0.241. The molecule has 0 N–H and O–H groups in total. The van der Waals surface area contributed by atoms with Crippen molar-refractivity contribution >= 4 is 16.7 Å². The van der Waals surface area contributed by atoms with Crippen LogP contribution in [0.3, 0.4) is 0 Å². The molecule has 1 atom stereocenters. The van der Waals surface area contributed by atoms with Crippen molar-refractivity contribution in [3.8, 4) is 5.75 Å². The number of aromatic nitrogens is 1. The molecule has 1 aliphatic rings. The molecule has 2 heterocycles. The predicted octanol–water partition coefficient (Wildman–Crippen LogP) is 5.28. The van der Waals surface area contributed by atoms with Crippen molar-refractivity contribution < 1.29 is 18.7 Å². The van der Waals surface area contributed by atoms with Gasteiger partial charge in [0.1, 0.15) is 18.2 Å². The zero-order chi connectivity index (χ0) is 24.0. The molecule has 1 unspecified atom stereocenters. The summed E-state index contributed by atoms with van der Waals surface area (Å²) in [5, 5.41) is 2.30. The lowest BCUT2D eigenvalue weighted by atomic mass is 9.96. The van der Waals surface area contributed by atoms with Gasteiger partial charge in [0.25, 0.3) is 5.91 Å². The fourth-order valence-electron chi connectivity index (χ4n) is 4.54. The zero-order valence-electron chi connectivity index (χ0n) is 19.4. The van der Waals surface area contributed by atoms with Gasteiger partial charge in [0.15, 0.2) is 0 Å². The average molecular weight is 471 g/mol. The Labute approximate surface area is 204 Å². The number of carbonyl (C=O) groups is 1. The third-order valence-electron chi connectivity index (χ3n) is 6.26. The molecule has 1 aliphatic heterocycles. The van der Waals surface area contributed by atoms with Crippen LogP contribution >= 0.6 is 0 Å². The maximum atomic E-state index is 13.4. The maximum Gasteiger partial charge on any atom is 0.254 e. The summed E-state index contributed by atoms with van der Waals surface area (Å²) in [7, 11) is 0. The van der Waals surface area contributed by atoms with E-state index in [1.165, 1.54) is 23.1 Å². The minimum atomic E-state index is -0.299. The van der Waals surface area contributed by atoms with Gasteiger partial charge in [-0.05, 0) is 53.3 Å². The highest BCUT2D eigenvalue weighted by Crippen LogP contribution is 2.23. The Balaban J connectivity index is 1.27. The van der Waals surface area contributed by atoms with Gasteiger partial charge in [-0.25, -0.2) is 4.39 Å². The number of benzene rings is 3. The Kier molecular flexibility index (Phi) is 7.00. The number of hydrogen-bond acceptors (Lipinski definition) is 4. The van der Waals surface area contributed by atoms with E-state index in [1.54, 1.807) is 30.3 Å². The predicted molar refractivity (Wildman–Crippen MR) is 133 cm³/mol. The second kappa shape index (κ2) is 10.7. The number of carbonyl (C=O) groups excluding carboxylic acids is 1. The lowest BCUT2D eigenvalue weighted by Gasteiger charge is -2.24. The smallest absolute Gasteiger partial charge is 0.254 e. The van der Waals surface area contributed by atoms with Gasteiger partial charge >= 0.3 is 0 Å². The van der Waals surface area contributed by atoms with E-state index < -0.39 is 0 Å². The Morgan fingerprint density at radius 3 is 2.86 bits per heavy atom. The van der Waals surface area contributed by atoms with E-state index in [4.69, 9.17) is 9.47 Å². The molecular formula is C29H27FN2O3. The van der Waals surface area contributed by atoms with Gasteiger partial charge in [-0.3, -0.25) is 9.78 Å². The molecule has 4 aromatic rings. The molecule has 3 aromatic carbocycles. The number of ether oxygens (including phenoxy) is 2. The van der Waals surface area contributed by atoms with Gasteiger partial charge in [0, 0.05) is 42.4 Å². The van der Waals surface area contributed by atoms with Crippen molar-refractivity contribution in [1.29, 1.82) is 0 Å². The zero-order valence-corrected chi connectivity index (χ0v) is 19.4. The molecule has 0 aliphatic carbocycles. The summed E-state index contributed by atoms with van der Waals surface area (Å²) in [5.74, 6) is 0.394. The van der Waals surface area contributed by atoms with E-state index in [-0.39, 0.29) is 24.2 Å². The number of amides is 1. The third kappa shape index (κ3) is 5.66. The summed E-state index contributed by atoms with van der Waals surface area (Å²) < 4.78 is 25.1. The number of halogens is 1. The van der Waals surface area contributed by atoms with E-state index in [9.17, 15) is 9.18 Å². The summed E-state index contributed by atoms with van der Waals surface area (Å²) in [4.78, 5) is 19.7. The standard InChI is InChI=1S/C29H27FN2O3/c30-26-8-3-5-21(14-26)20-35-27-9-4-7-23(15-27)29(33)32-11-12-34-19-22(18-32)13-25-17-31-16-24-6-1-2-10-28(24)25/h1-10,14-17,22H,11-13,18-20H2. The highest BCUT2D eigenvalue weighted by atomic mass is 19.1. The van der Waals surface area contributed by atoms with Crippen LogP contribution < -0.4 is 4.74 Å². The number of rotatable bonds is 6. The number of fused-ring (bicyclic) bond motifs is 1. The van der Waals surface area contributed by atoms with Crippen LogP contribution in [0, 0.1) is 11.7 Å². The maximum absolute atomic E-state index is 13.4. The summed E-state index contributed by atoms with van der Waals surface area (Å²) in [5.41, 5.74) is 2.46. The Hall–Kier alpha value is -3.77. The van der Waals surface area contributed by atoms with E-state index in [1.807, 2.05) is 35.5 Å². The van der Waals surface area contributed by atoms with E-state index >= 15 is 0 Å². The minimum absolute atomic E-state index is 0.0484. The van der Waals surface area contributed by atoms with Crippen LogP contribution in [0.25, 0.3) is 10.8 Å². The van der Waals surface area contributed by atoms with Crippen molar-refractivity contribution in [2.24, 2.45) is 5.92 Å². The SMILES string of the molecule is O=C(c1cccc(OCc2cccc(F)c2)c1)N1CCOCC(Cc2cncc3ccccc23)C1. The summed E-state index contributed by atoms with van der Waals surface area (Å²) in [6, 6.07) is 21.7. The van der Waals surface area contributed by atoms with Crippen LogP contribution in [0.15, 0.2) is 85.2 Å². The van der Waals surface area contributed by atoms with Gasteiger partial charge in [-0.15, -0.1) is 0 Å².